The van der Waals surface area contributed by atoms with Gasteiger partial charge in [0.2, 0.25) is 0 Å². The lowest BCUT2D eigenvalue weighted by molar-refractivity contribution is -0.107. The van der Waals surface area contributed by atoms with Gasteiger partial charge in [-0.2, -0.15) is 0 Å². The van der Waals surface area contributed by atoms with Gasteiger partial charge in [0.1, 0.15) is 23.5 Å². The molecule has 0 aliphatic heterocycles. The van der Waals surface area contributed by atoms with Gasteiger partial charge in [-0.15, -0.1) is 0 Å². The van der Waals surface area contributed by atoms with Crippen LogP contribution in [0.15, 0.2) is 73.1 Å². The van der Waals surface area contributed by atoms with Crippen molar-refractivity contribution in [1.82, 2.24) is 15.0 Å². The van der Waals surface area contributed by atoms with Crippen molar-refractivity contribution in [3.63, 3.8) is 0 Å². The number of nitrogens with one attached hydrogen (secondary N) is 2. The molecule has 182 valence electrons. The van der Waals surface area contributed by atoms with Crippen molar-refractivity contribution in [2.75, 3.05) is 0 Å². The van der Waals surface area contributed by atoms with Crippen molar-refractivity contribution >= 4 is 17.2 Å². The van der Waals surface area contributed by atoms with Gasteiger partial charge in [-0.05, 0) is 49.6 Å². The average Bonchev–Trinajstić information content (AvgIpc) is 3.56. The second-order valence-corrected chi connectivity index (χ2v) is 9.00. The molecular weight excluding hydrogens is 457 g/mol. The van der Waals surface area contributed by atoms with Crippen LogP contribution in [0.25, 0.3) is 22.3 Å². The highest BCUT2D eigenvalue weighted by molar-refractivity contribution is 5.85. The largest absolute Gasteiger partial charge is 0.454 e. The lowest BCUT2D eigenvalue weighted by Gasteiger charge is -2.23. The van der Waals surface area contributed by atoms with Gasteiger partial charge >= 0.3 is 0 Å². The molecule has 1 unspecified atom stereocenters. The Balaban J connectivity index is 1.42. The zero-order valence-corrected chi connectivity index (χ0v) is 20.0. The Morgan fingerprint density at radius 1 is 1.14 bits per heavy atom. The zero-order valence-electron chi connectivity index (χ0n) is 20.0. The molecule has 0 aliphatic rings. The average molecular weight is 484 g/mol. The molecule has 1 atom stereocenters. The van der Waals surface area contributed by atoms with Gasteiger partial charge in [0.05, 0.1) is 11.9 Å². The van der Waals surface area contributed by atoms with E-state index in [1.54, 1.807) is 31.5 Å². The van der Waals surface area contributed by atoms with E-state index in [0.29, 0.717) is 41.2 Å². The van der Waals surface area contributed by atoms with Gasteiger partial charge in [-0.25, -0.2) is 9.37 Å². The Hall–Kier alpha value is -4.23. The van der Waals surface area contributed by atoms with E-state index < -0.39 is 11.4 Å². The van der Waals surface area contributed by atoms with Crippen molar-refractivity contribution in [1.29, 1.82) is 0 Å². The summed E-state index contributed by atoms with van der Waals surface area (Å²) in [6.45, 7) is 3.53. The first-order chi connectivity index (χ1) is 17.4. The Kier molecular flexibility index (Phi) is 6.16. The third-order valence-electron chi connectivity index (χ3n) is 6.48. The zero-order chi connectivity index (χ0) is 25.3. The normalized spacial score (nSPS) is 13.0. The maximum Gasteiger partial charge on any atom is 0.168 e. The number of aldehydes is 1. The van der Waals surface area contributed by atoms with Gasteiger partial charge in [0.15, 0.2) is 11.6 Å². The lowest BCUT2D eigenvalue weighted by atomic mass is 9.91. The third kappa shape index (κ3) is 4.41. The van der Waals surface area contributed by atoms with Crippen LogP contribution in [0.2, 0.25) is 0 Å². The molecule has 6 nitrogen and oxygen atoms in total. The van der Waals surface area contributed by atoms with Crippen molar-refractivity contribution in [3.05, 3.63) is 101 Å². The Labute approximate surface area is 207 Å². The van der Waals surface area contributed by atoms with Crippen molar-refractivity contribution in [2.45, 2.75) is 32.3 Å². The van der Waals surface area contributed by atoms with Crippen LogP contribution < -0.4 is 4.74 Å². The minimum Gasteiger partial charge on any atom is -0.454 e. The van der Waals surface area contributed by atoms with E-state index in [0.717, 1.165) is 28.3 Å². The molecule has 7 heteroatoms. The van der Waals surface area contributed by atoms with E-state index in [1.807, 2.05) is 49.4 Å². The molecule has 36 heavy (non-hydrogen) atoms. The second kappa shape index (κ2) is 9.43. The van der Waals surface area contributed by atoms with E-state index in [4.69, 9.17) is 4.74 Å². The standard InChI is InChI=1S/C29H26FN3O3/c1-18-23-11-12-31-25(23)16-24(30)27(18)36-22-10-4-8-20(15-22)28-32-17-26(33-28)29(2,35)21-9-3-6-19(14-21)7-5-13-34/h3-4,6,8-17,31,35H,5,7H2,1-2H3,(H,32,33). The minimum absolute atomic E-state index is 0.178. The van der Waals surface area contributed by atoms with Gasteiger partial charge in [-0.1, -0.05) is 36.4 Å². The number of benzene rings is 3. The fraction of sp³-hybridized carbons (Fsp3) is 0.172. The Bertz CT molecular complexity index is 1550. The number of fused-ring (bicyclic) bond motifs is 1. The summed E-state index contributed by atoms with van der Waals surface area (Å²) in [7, 11) is 0. The molecule has 0 spiro atoms. The lowest BCUT2D eigenvalue weighted by Crippen LogP contribution is -2.23. The number of imidazole rings is 1. The van der Waals surface area contributed by atoms with Crippen molar-refractivity contribution < 1.29 is 19.0 Å². The molecule has 5 aromatic rings. The molecule has 0 saturated heterocycles. The maximum atomic E-state index is 14.8. The number of aliphatic hydroxyl groups is 1. The molecule has 3 aromatic carbocycles. The summed E-state index contributed by atoms with van der Waals surface area (Å²) >= 11 is 0. The first-order valence-electron chi connectivity index (χ1n) is 11.7. The van der Waals surface area contributed by atoms with E-state index in [1.165, 1.54) is 6.07 Å². The molecule has 5 rings (SSSR count). The summed E-state index contributed by atoms with van der Waals surface area (Å²) in [6, 6.07) is 18.1. The van der Waals surface area contributed by atoms with Gasteiger partial charge in [0.25, 0.3) is 0 Å². The SMILES string of the molecule is Cc1c(Oc2cccc(-c3ncc(C(C)(O)c4cccc(CCC=O)c4)[nH]3)c2)c(F)cc2[nH]ccc12. The topological polar surface area (TPSA) is 91.0 Å². The number of halogens is 1. The number of aromatic nitrogens is 3. The molecule has 0 bridgehead atoms. The van der Waals surface area contributed by atoms with Crippen LogP contribution in [0, 0.1) is 12.7 Å². The number of aromatic amines is 2. The molecule has 2 aromatic heterocycles. The smallest absolute Gasteiger partial charge is 0.168 e. The van der Waals surface area contributed by atoms with Gasteiger partial charge in [-0.3, -0.25) is 0 Å². The molecule has 0 aliphatic carbocycles. The first-order valence-corrected chi connectivity index (χ1v) is 11.7. The summed E-state index contributed by atoms with van der Waals surface area (Å²) in [6.07, 6.45) is 5.31. The number of carbonyl (C=O) groups excluding carboxylic acids is 1. The molecule has 0 radical (unpaired) electrons. The van der Waals surface area contributed by atoms with Crippen LogP contribution >= 0.6 is 0 Å². The summed E-state index contributed by atoms with van der Waals surface area (Å²) in [5, 5.41) is 12.2. The van der Waals surface area contributed by atoms with E-state index >= 15 is 0 Å². The van der Waals surface area contributed by atoms with Crippen molar-refractivity contribution in [2.24, 2.45) is 0 Å². The van der Waals surface area contributed by atoms with Crippen LogP contribution in [0.5, 0.6) is 11.5 Å². The highest BCUT2D eigenvalue weighted by Crippen LogP contribution is 2.35. The first kappa shape index (κ1) is 23.5. The number of aryl methyl sites for hydroxylation is 2. The predicted molar refractivity (Wildman–Crippen MR) is 137 cm³/mol. The van der Waals surface area contributed by atoms with Crippen LogP contribution in [0.3, 0.4) is 0 Å². The maximum absolute atomic E-state index is 14.8. The summed E-state index contributed by atoms with van der Waals surface area (Å²) in [5.41, 5.74) is 3.04. The quantitative estimate of drug-likeness (QED) is 0.230. The molecule has 0 amide bonds. The third-order valence-corrected chi connectivity index (χ3v) is 6.48. The second-order valence-electron chi connectivity index (χ2n) is 9.00. The number of carbonyl (C=O) groups is 1. The number of hydrogen-bond donors (Lipinski definition) is 3. The van der Waals surface area contributed by atoms with Gasteiger partial charge in [0, 0.05) is 40.7 Å². The van der Waals surface area contributed by atoms with Crippen LogP contribution in [0.4, 0.5) is 4.39 Å². The highest BCUT2D eigenvalue weighted by atomic mass is 19.1. The number of ether oxygens (including phenoxy) is 1. The van der Waals surface area contributed by atoms with Crippen LogP contribution in [0.1, 0.15) is 35.7 Å². The van der Waals surface area contributed by atoms with Crippen molar-refractivity contribution in [3.8, 4) is 22.9 Å². The van der Waals surface area contributed by atoms with E-state index in [2.05, 4.69) is 15.0 Å². The van der Waals surface area contributed by atoms with Gasteiger partial charge < -0.3 is 24.6 Å². The van der Waals surface area contributed by atoms with E-state index in [-0.39, 0.29) is 5.75 Å². The van der Waals surface area contributed by atoms with Crippen LogP contribution in [-0.4, -0.2) is 26.3 Å². The Morgan fingerprint density at radius 3 is 2.81 bits per heavy atom. The summed E-state index contributed by atoms with van der Waals surface area (Å²) in [5.74, 6) is 0.749. The predicted octanol–water partition coefficient (Wildman–Crippen LogP) is 6.19. The molecule has 2 heterocycles. The Morgan fingerprint density at radius 2 is 1.97 bits per heavy atom. The fourth-order valence-corrected chi connectivity index (χ4v) is 4.40. The minimum atomic E-state index is -1.32. The fourth-order valence-electron chi connectivity index (χ4n) is 4.40. The number of hydrogen-bond acceptors (Lipinski definition) is 4. The molecule has 0 fully saturated rings. The summed E-state index contributed by atoms with van der Waals surface area (Å²) in [4.78, 5) is 21.4. The number of rotatable bonds is 8. The highest BCUT2D eigenvalue weighted by Gasteiger charge is 2.28. The molecule has 3 N–H and O–H groups in total. The molecular formula is C29H26FN3O3. The van der Waals surface area contributed by atoms with E-state index in [9.17, 15) is 14.3 Å². The van der Waals surface area contributed by atoms with Crippen LogP contribution in [-0.2, 0) is 16.8 Å². The number of nitrogens with zero attached hydrogens (tertiary/aromatic N) is 1. The number of H-pyrrole nitrogens is 2. The summed E-state index contributed by atoms with van der Waals surface area (Å²) < 4.78 is 20.7. The molecule has 0 saturated carbocycles. The monoisotopic (exact) mass is 483 g/mol.